The molecule has 1 aromatic rings. The Kier molecular flexibility index (Phi) is 6.97. The lowest BCUT2D eigenvalue weighted by atomic mass is 9.94. The molecule has 0 aliphatic rings. The van der Waals surface area contributed by atoms with E-state index in [-0.39, 0.29) is 12.6 Å². The van der Waals surface area contributed by atoms with Gasteiger partial charge < -0.3 is 15.7 Å². The molecule has 0 saturated carbocycles. The van der Waals surface area contributed by atoms with Gasteiger partial charge in [-0.1, -0.05) is 32.0 Å². The summed E-state index contributed by atoms with van der Waals surface area (Å²) in [5.74, 6) is 0.891. The van der Waals surface area contributed by atoms with Gasteiger partial charge in [-0.05, 0) is 36.8 Å². The van der Waals surface area contributed by atoms with E-state index in [1.54, 1.807) is 0 Å². The quantitative estimate of drug-likeness (QED) is 0.709. The van der Waals surface area contributed by atoms with E-state index < -0.39 is 0 Å². The summed E-state index contributed by atoms with van der Waals surface area (Å²) in [6.45, 7) is 5.06. The topological polar surface area (TPSA) is 61.4 Å². The lowest BCUT2D eigenvalue weighted by Gasteiger charge is -2.18. The van der Waals surface area contributed by atoms with Crippen LogP contribution in [0.5, 0.6) is 0 Å². The van der Waals surface area contributed by atoms with Crippen LogP contribution in [0.25, 0.3) is 0 Å². The molecule has 1 atom stereocenters. The Labute approximate surface area is 115 Å². The third-order valence-electron chi connectivity index (χ3n) is 2.93. The first-order valence-corrected chi connectivity index (χ1v) is 6.82. The molecule has 0 spiro atoms. The minimum atomic E-state index is -0.196. The van der Waals surface area contributed by atoms with Crippen LogP contribution in [-0.2, 0) is 0 Å². The lowest BCUT2D eigenvalue weighted by Crippen LogP contribution is -2.33. The van der Waals surface area contributed by atoms with Crippen molar-refractivity contribution in [1.82, 2.24) is 5.32 Å². The van der Waals surface area contributed by atoms with Gasteiger partial charge in [-0.25, -0.2) is 4.79 Å². The van der Waals surface area contributed by atoms with E-state index in [2.05, 4.69) is 24.5 Å². The van der Waals surface area contributed by atoms with Crippen LogP contribution in [0.4, 0.5) is 10.5 Å². The Morgan fingerprint density at radius 1 is 1.26 bits per heavy atom. The average Bonchev–Trinajstić information content (AvgIpc) is 2.37. The number of hydrogen-bond acceptors (Lipinski definition) is 2. The lowest BCUT2D eigenvalue weighted by molar-refractivity contribution is 0.231. The van der Waals surface area contributed by atoms with Gasteiger partial charge in [0.05, 0.1) is 0 Å². The largest absolute Gasteiger partial charge is 0.396 e. The van der Waals surface area contributed by atoms with Crippen molar-refractivity contribution < 1.29 is 9.90 Å². The van der Waals surface area contributed by atoms with Gasteiger partial charge in [0.15, 0.2) is 0 Å². The Bertz CT molecular complexity index is 366. The van der Waals surface area contributed by atoms with E-state index in [1.165, 1.54) is 0 Å². The number of carbonyl (C=O) groups excluding carboxylic acids is 1. The fraction of sp³-hybridized carbons (Fsp3) is 0.533. The Morgan fingerprint density at radius 3 is 2.53 bits per heavy atom. The third-order valence-corrected chi connectivity index (χ3v) is 2.93. The highest BCUT2D eigenvalue weighted by Crippen LogP contribution is 2.14. The molecule has 0 heterocycles. The molecule has 0 aliphatic carbocycles. The van der Waals surface area contributed by atoms with Gasteiger partial charge >= 0.3 is 6.03 Å². The predicted octanol–water partition coefficient (Wildman–Crippen LogP) is 2.85. The van der Waals surface area contributed by atoms with E-state index in [1.807, 2.05) is 30.3 Å². The van der Waals surface area contributed by atoms with Gasteiger partial charge in [0, 0.05) is 18.8 Å². The standard InChI is InChI=1S/C15H24N2O2/c1-12(2)10-13(8-9-18)11-16-15(19)17-14-6-4-3-5-7-14/h3-7,12-13,18H,8-11H2,1-2H3,(H2,16,17,19). The zero-order valence-electron chi connectivity index (χ0n) is 11.7. The maximum Gasteiger partial charge on any atom is 0.319 e. The fourth-order valence-corrected chi connectivity index (χ4v) is 2.09. The second-order valence-electron chi connectivity index (χ2n) is 5.21. The molecule has 4 nitrogen and oxygen atoms in total. The van der Waals surface area contributed by atoms with Crippen molar-refractivity contribution in [3.8, 4) is 0 Å². The average molecular weight is 264 g/mol. The van der Waals surface area contributed by atoms with Crippen LogP contribution >= 0.6 is 0 Å². The number of amides is 2. The summed E-state index contributed by atoms with van der Waals surface area (Å²) in [5.41, 5.74) is 0.780. The van der Waals surface area contributed by atoms with Crippen LogP contribution < -0.4 is 10.6 Å². The van der Waals surface area contributed by atoms with E-state index in [0.29, 0.717) is 18.4 Å². The molecule has 4 heteroatoms. The first-order valence-electron chi connectivity index (χ1n) is 6.82. The summed E-state index contributed by atoms with van der Waals surface area (Å²) in [6.07, 6.45) is 1.73. The molecule has 3 N–H and O–H groups in total. The molecule has 0 aliphatic heterocycles. The zero-order valence-corrected chi connectivity index (χ0v) is 11.7. The Hall–Kier alpha value is -1.55. The van der Waals surface area contributed by atoms with Crippen molar-refractivity contribution in [2.75, 3.05) is 18.5 Å². The number of aliphatic hydroxyl groups excluding tert-OH is 1. The second kappa shape index (κ2) is 8.53. The smallest absolute Gasteiger partial charge is 0.319 e. The van der Waals surface area contributed by atoms with Crippen molar-refractivity contribution in [1.29, 1.82) is 0 Å². The molecule has 1 rings (SSSR count). The van der Waals surface area contributed by atoms with E-state index in [9.17, 15) is 4.79 Å². The van der Waals surface area contributed by atoms with Crippen LogP contribution in [-0.4, -0.2) is 24.3 Å². The number of benzene rings is 1. The summed E-state index contributed by atoms with van der Waals surface area (Å²) in [5, 5.41) is 14.7. The summed E-state index contributed by atoms with van der Waals surface area (Å²) >= 11 is 0. The maximum absolute atomic E-state index is 11.7. The number of urea groups is 1. The normalized spacial score (nSPS) is 12.2. The number of aliphatic hydroxyl groups is 1. The van der Waals surface area contributed by atoms with Gasteiger partial charge in [0.2, 0.25) is 0 Å². The van der Waals surface area contributed by atoms with Gasteiger partial charge in [-0.15, -0.1) is 0 Å². The minimum absolute atomic E-state index is 0.166. The van der Waals surface area contributed by atoms with Gasteiger partial charge in [0.1, 0.15) is 0 Å². The van der Waals surface area contributed by atoms with Crippen LogP contribution in [0.3, 0.4) is 0 Å². The molecule has 0 radical (unpaired) electrons. The molecule has 0 aromatic heterocycles. The SMILES string of the molecule is CC(C)CC(CCO)CNC(=O)Nc1ccccc1. The summed E-state index contributed by atoms with van der Waals surface area (Å²) in [7, 11) is 0. The molecule has 0 bridgehead atoms. The maximum atomic E-state index is 11.7. The monoisotopic (exact) mass is 264 g/mol. The van der Waals surface area contributed by atoms with E-state index in [0.717, 1.165) is 18.5 Å². The molecule has 0 saturated heterocycles. The molecule has 1 aromatic carbocycles. The highest BCUT2D eigenvalue weighted by molar-refractivity contribution is 5.89. The molecule has 19 heavy (non-hydrogen) atoms. The van der Waals surface area contributed by atoms with Gasteiger partial charge in [-0.2, -0.15) is 0 Å². The van der Waals surface area contributed by atoms with Crippen molar-refractivity contribution in [2.45, 2.75) is 26.7 Å². The highest BCUT2D eigenvalue weighted by Gasteiger charge is 2.12. The zero-order chi connectivity index (χ0) is 14.1. The molecule has 1 unspecified atom stereocenters. The summed E-state index contributed by atoms with van der Waals surface area (Å²) < 4.78 is 0. The number of nitrogens with one attached hydrogen (secondary N) is 2. The van der Waals surface area contributed by atoms with Gasteiger partial charge in [-0.3, -0.25) is 0 Å². The predicted molar refractivity (Wildman–Crippen MR) is 78.1 cm³/mol. The molecule has 106 valence electrons. The second-order valence-corrected chi connectivity index (χ2v) is 5.21. The van der Waals surface area contributed by atoms with Crippen LogP contribution in [0.15, 0.2) is 30.3 Å². The van der Waals surface area contributed by atoms with E-state index >= 15 is 0 Å². The minimum Gasteiger partial charge on any atom is -0.396 e. The molecule has 2 amide bonds. The van der Waals surface area contributed by atoms with Crippen molar-refractivity contribution >= 4 is 11.7 Å². The summed E-state index contributed by atoms with van der Waals surface area (Å²) in [6, 6.07) is 9.16. The third kappa shape index (κ3) is 6.82. The van der Waals surface area contributed by atoms with Crippen molar-refractivity contribution in [2.24, 2.45) is 11.8 Å². The van der Waals surface area contributed by atoms with Crippen LogP contribution in [0.1, 0.15) is 26.7 Å². The number of hydrogen-bond donors (Lipinski definition) is 3. The van der Waals surface area contributed by atoms with Crippen molar-refractivity contribution in [3.05, 3.63) is 30.3 Å². The van der Waals surface area contributed by atoms with E-state index in [4.69, 9.17) is 5.11 Å². The van der Waals surface area contributed by atoms with Crippen molar-refractivity contribution in [3.63, 3.8) is 0 Å². The van der Waals surface area contributed by atoms with Gasteiger partial charge in [0.25, 0.3) is 0 Å². The molecular weight excluding hydrogens is 240 g/mol. The first-order chi connectivity index (χ1) is 9.11. The number of anilines is 1. The highest BCUT2D eigenvalue weighted by atomic mass is 16.3. The number of rotatable bonds is 7. The number of carbonyl (C=O) groups is 1. The molecular formula is C15H24N2O2. The molecule has 0 fully saturated rings. The fourth-order valence-electron chi connectivity index (χ4n) is 2.09. The number of para-hydroxylation sites is 1. The Balaban J connectivity index is 2.35. The first kappa shape index (κ1) is 15.5. The Morgan fingerprint density at radius 2 is 1.95 bits per heavy atom. The summed E-state index contributed by atoms with van der Waals surface area (Å²) in [4.78, 5) is 11.7. The van der Waals surface area contributed by atoms with Crippen LogP contribution in [0.2, 0.25) is 0 Å². The van der Waals surface area contributed by atoms with Crippen LogP contribution in [0, 0.1) is 11.8 Å².